The number of carboxylic acid groups (broad SMARTS) is 4. The van der Waals surface area contributed by atoms with Gasteiger partial charge in [-0.25, -0.2) is 0 Å². The molecule has 0 spiro atoms. The molecule has 144 valence electrons. The van der Waals surface area contributed by atoms with Crippen molar-refractivity contribution >= 4 is 23.9 Å². The summed E-state index contributed by atoms with van der Waals surface area (Å²) in [7, 11) is 0. The van der Waals surface area contributed by atoms with E-state index in [-0.39, 0.29) is 12.8 Å². The summed E-state index contributed by atoms with van der Waals surface area (Å²) in [6.07, 6.45) is 8.06. The Labute approximate surface area is 154 Å². The maximum atomic E-state index is 11.6. The zero-order valence-electron chi connectivity index (χ0n) is 14.6. The third-order valence-electron chi connectivity index (χ3n) is 5.18. The fraction of sp³-hybridized carbons (Fsp3) is 0.368. The summed E-state index contributed by atoms with van der Waals surface area (Å²) < 4.78 is 0. The Balaban J connectivity index is 2.41. The van der Waals surface area contributed by atoms with Crippen LogP contribution in [0.15, 0.2) is 47.6 Å². The number of hydrogen-bond acceptors (Lipinski definition) is 4. The van der Waals surface area contributed by atoms with Crippen LogP contribution < -0.4 is 0 Å². The first-order valence-electron chi connectivity index (χ1n) is 8.31. The summed E-state index contributed by atoms with van der Waals surface area (Å²) >= 11 is 0. The number of allylic oxidation sites excluding steroid dienone is 6. The predicted molar refractivity (Wildman–Crippen MR) is 92.9 cm³/mol. The van der Waals surface area contributed by atoms with Crippen LogP contribution >= 0.6 is 0 Å². The van der Waals surface area contributed by atoms with Crippen molar-refractivity contribution in [3.63, 3.8) is 0 Å². The molecule has 0 saturated heterocycles. The Bertz CT molecular complexity index is 718. The Morgan fingerprint density at radius 2 is 1.15 bits per heavy atom. The maximum Gasteiger partial charge on any atom is 0.325 e. The molecular weight excluding hydrogens is 356 g/mol. The number of rotatable bonds is 7. The van der Waals surface area contributed by atoms with Crippen LogP contribution in [-0.4, -0.2) is 44.3 Å². The van der Waals surface area contributed by atoms with Crippen LogP contribution in [0, 0.1) is 16.7 Å². The monoisotopic (exact) mass is 376 g/mol. The Hall–Kier alpha value is -3.16. The van der Waals surface area contributed by atoms with E-state index >= 15 is 0 Å². The molecule has 0 amide bonds. The van der Waals surface area contributed by atoms with E-state index in [9.17, 15) is 39.6 Å². The topological polar surface area (TPSA) is 149 Å². The Morgan fingerprint density at radius 3 is 1.41 bits per heavy atom. The van der Waals surface area contributed by atoms with Crippen molar-refractivity contribution in [1.82, 2.24) is 0 Å². The molecule has 0 heterocycles. The SMILES string of the molecule is CCC(C1=CC=CC(C(=O)O)(C(=O)O)C1)C1=CC=CC(C(=O)O)(C(=O)O)C1. The second kappa shape index (κ2) is 7.22. The second-order valence-electron chi connectivity index (χ2n) is 6.68. The van der Waals surface area contributed by atoms with E-state index < -0.39 is 40.6 Å². The van der Waals surface area contributed by atoms with Crippen LogP contribution in [0.4, 0.5) is 0 Å². The van der Waals surface area contributed by atoms with E-state index in [1.54, 1.807) is 19.1 Å². The highest BCUT2D eigenvalue weighted by molar-refractivity contribution is 6.02. The van der Waals surface area contributed by atoms with E-state index in [4.69, 9.17) is 0 Å². The van der Waals surface area contributed by atoms with Gasteiger partial charge in [-0.05, 0) is 19.3 Å². The summed E-state index contributed by atoms with van der Waals surface area (Å²) in [6, 6.07) is 0. The maximum absolute atomic E-state index is 11.6. The molecule has 4 N–H and O–H groups in total. The molecule has 8 nitrogen and oxygen atoms in total. The normalized spacial score (nSPS) is 19.9. The highest BCUT2D eigenvalue weighted by Gasteiger charge is 2.49. The lowest BCUT2D eigenvalue weighted by atomic mass is 9.69. The van der Waals surface area contributed by atoms with Gasteiger partial charge in [-0.3, -0.25) is 19.2 Å². The lowest BCUT2D eigenvalue weighted by Crippen LogP contribution is -2.41. The average Bonchev–Trinajstić information content (AvgIpc) is 2.62. The third kappa shape index (κ3) is 3.30. The minimum absolute atomic E-state index is 0.277. The van der Waals surface area contributed by atoms with Gasteiger partial charge in [-0.1, -0.05) is 54.5 Å². The molecule has 0 atom stereocenters. The number of hydrogen-bond donors (Lipinski definition) is 4. The second-order valence-corrected chi connectivity index (χ2v) is 6.68. The highest BCUT2D eigenvalue weighted by atomic mass is 16.4. The van der Waals surface area contributed by atoms with E-state index in [1.165, 1.54) is 12.2 Å². The van der Waals surface area contributed by atoms with Gasteiger partial charge in [-0.15, -0.1) is 0 Å². The summed E-state index contributed by atoms with van der Waals surface area (Å²) in [5, 5.41) is 37.7. The van der Waals surface area contributed by atoms with Crippen molar-refractivity contribution in [2.75, 3.05) is 0 Å². The summed E-state index contributed by atoms with van der Waals surface area (Å²) in [5.74, 6) is -6.43. The van der Waals surface area contributed by atoms with Gasteiger partial charge in [0.25, 0.3) is 0 Å². The first kappa shape index (κ1) is 20.2. The molecule has 0 bridgehead atoms. The molecule has 0 aromatic heterocycles. The number of aliphatic carboxylic acids is 4. The van der Waals surface area contributed by atoms with Crippen molar-refractivity contribution in [1.29, 1.82) is 0 Å². The molecule has 0 fully saturated rings. The van der Waals surface area contributed by atoms with Crippen LogP contribution in [-0.2, 0) is 19.2 Å². The van der Waals surface area contributed by atoms with Gasteiger partial charge in [0.1, 0.15) is 0 Å². The van der Waals surface area contributed by atoms with Crippen molar-refractivity contribution in [2.24, 2.45) is 16.7 Å². The van der Waals surface area contributed by atoms with Gasteiger partial charge in [0.2, 0.25) is 0 Å². The van der Waals surface area contributed by atoms with E-state index in [1.807, 2.05) is 0 Å². The van der Waals surface area contributed by atoms with Gasteiger partial charge in [0.15, 0.2) is 10.8 Å². The Morgan fingerprint density at radius 1 is 0.815 bits per heavy atom. The summed E-state index contributed by atoms with van der Waals surface area (Å²) in [4.78, 5) is 46.4. The molecule has 8 heteroatoms. The largest absolute Gasteiger partial charge is 0.480 e. The molecule has 2 rings (SSSR count). The standard InChI is InChI=1S/C19H20O8/c1-2-13(11-5-3-7-18(9-11,14(20)21)15(22)23)12-6-4-8-19(10-12,16(24)25)17(26)27/h3-8,13H,2,9-10H2,1H3,(H,20,21)(H,22,23)(H,24,25)(H,26,27). The number of carbonyl (C=O) groups is 4. The number of carboxylic acids is 4. The minimum Gasteiger partial charge on any atom is -0.480 e. The van der Waals surface area contributed by atoms with Crippen molar-refractivity contribution in [3.05, 3.63) is 47.6 Å². The lowest BCUT2D eigenvalue weighted by molar-refractivity contribution is -0.162. The molecule has 0 aliphatic heterocycles. The lowest BCUT2D eigenvalue weighted by Gasteiger charge is -2.33. The van der Waals surface area contributed by atoms with Crippen LogP contribution in [0.5, 0.6) is 0 Å². The van der Waals surface area contributed by atoms with Gasteiger partial charge in [0, 0.05) is 5.92 Å². The van der Waals surface area contributed by atoms with Crippen LogP contribution in [0.25, 0.3) is 0 Å². The molecule has 0 unspecified atom stereocenters. The molecule has 27 heavy (non-hydrogen) atoms. The van der Waals surface area contributed by atoms with Crippen LogP contribution in [0.1, 0.15) is 26.2 Å². The Kier molecular flexibility index (Phi) is 5.39. The van der Waals surface area contributed by atoms with Crippen molar-refractivity contribution in [3.8, 4) is 0 Å². The van der Waals surface area contributed by atoms with Crippen LogP contribution in [0.2, 0.25) is 0 Å². The van der Waals surface area contributed by atoms with E-state index in [0.29, 0.717) is 17.6 Å². The third-order valence-corrected chi connectivity index (χ3v) is 5.18. The minimum atomic E-state index is -2.10. The fourth-order valence-electron chi connectivity index (χ4n) is 3.56. The fourth-order valence-corrected chi connectivity index (χ4v) is 3.56. The first-order valence-corrected chi connectivity index (χ1v) is 8.31. The quantitative estimate of drug-likeness (QED) is 0.493. The molecule has 2 aliphatic rings. The zero-order valence-corrected chi connectivity index (χ0v) is 14.6. The van der Waals surface area contributed by atoms with Gasteiger partial charge in [-0.2, -0.15) is 0 Å². The van der Waals surface area contributed by atoms with Crippen molar-refractivity contribution < 1.29 is 39.6 Å². The predicted octanol–water partition coefficient (Wildman–Crippen LogP) is 2.10. The van der Waals surface area contributed by atoms with Crippen molar-refractivity contribution in [2.45, 2.75) is 26.2 Å². The first-order chi connectivity index (χ1) is 12.6. The molecule has 0 aromatic carbocycles. The summed E-state index contributed by atoms with van der Waals surface area (Å²) in [5.41, 5.74) is -3.18. The average molecular weight is 376 g/mol. The highest BCUT2D eigenvalue weighted by Crippen LogP contribution is 2.43. The molecule has 0 radical (unpaired) electrons. The molecule has 0 aromatic rings. The van der Waals surface area contributed by atoms with Gasteiger partial charge < -0.3 is 20.4 Å². The van der Waals surface area contributed by atoms with E-state index in [2.05, 4.69) is 0 Å². The van der Waals surface area contributed by atoms with Crippen LogP contribution in [0.3, 0.4) is 0 Å². The smallest absolute Gasteiger partial charge is 0.325 e. The molecular formula is C19H20O8. The van der Waals surface area contributed by atoms with E-state index in [0.717, 1.165) is 12.2 Å². The molecule has 2 aliphatic carbocycles. The zero-order chi connectivity index (χ0) is 20.4. The van der Waals surface area contributed by atoms with Gasteiger partial charge in [0.05, 0.1) is 0 Å². The molecule has 0 saturated carbocycles. The van der Waals surface area contributed by atoms with Gasteiger partial charge >= 0.3 is 23.9 Å². The summed E-state index contributed by atoms with van der Waals surface area (Å²) in [6.45, 7) is 1.79.